The SMILES string of the molecule is CC1(C)CS(=O)CC(c2ccc(OC(F)(F)F)cc2)N1. The third kappa shape index (κ3) is 4.21. The zero-order valence-electron chi connectivity index (χ0n) is 11.2. The minimum Gasteiger partial charge on any atom is -0.406 e. The van der Waals surface area contributed by atoms with Gasteiger partial charge in [0.15, 0.2) is 0 Å². The fourth-order valence-corrected chi connectivity index (χ4v) is 3.94. The number of hydrogen-bond donors (Lipinski definition) is 1. The lowest BCUT2D eigenvalue weighted by molar-refractivity contribution is -0.274. The summed E-state index contributed by atoms with van der Waals surface area (Å²) in [6.07, 6.45) is -4.69. The maximum atomic E-state index is 12.1. The van der Waals surface area contributed by atoms with E-state index in [9.17, 15) is 17.4 Å². The molecule has 1 heterocycles. The molecule has 2 unspecified atom stereocenters. The topological polar surface area (TPSA) is 38.3 Å². The first kappa shape index (κ1) is 15.3. The molecule has 0 aliphatic carbocycles. The van der Waals surface area contributed by atoms with E-state index in [2.05, 4.69) is 10.1 Å². The van der Waals surface area contributed by atoms with Gasteiger partial charge in [0.1, 0.15) is 5.75 Å². The maximum absolute atomic E-state index is 12.1. The molecule has 1 saturated heterocycles. The maximum Gasteiger partial charge on any atom is 0.573 e. The molecule has 112 valence electrons. The molecule has 1 aliphatic rings. The summed E-state index contributed by atoms with van der Waals surface area (Å²) < 4.78 is 51.9. The number of ether oxygens (including phenoxy) is 1. The first-order valence-electron chi connectivity index (χ1n) is 6.13. The fourth-order valence-electron chi connectivity index (χ4n) is 2.28. The summed E-state index contributed by atoms with van der Waals surface area (Å²) in [7, 11) is -0.935. The summed E-state index contributed by atoms with van der Waals surface area (Å²) in [5.41, 5.74) is 0.551. The lowest BCUT2D eigenvalue weighted by Gasteiger charge is -2.36. The molecule has 1 N–H and O–H groups in total. The lowest BCUT2D eigenvalue weighted by Crippen LogP contribution is -2.52. The Balaban J connectivity index is 2.12. The van der Waals surface area contributed by atoms with Crippen molar-refractivity contribution < 1.29 is 22.1 Å². The van der Waals surface area contributed by atoms with E-state index in [1.165, 1.54) is 12.1 Å². The standard InChI is InChI=1S/C13H16F3NO2S/c1-12(2)8-20(18)7-11(17-12)9-3-5-10(6-4-9)19-13(14,15)16/h3-6,11,17H,7-8H2,1-2H3. The quantitative estimate of drug-likeness (QED) is 0.913. The molecular formula is C13H16F3NO2S. The highest BCUT2D eigenvalue weighted by Crippen LogP contribution is 2.27. The molecule has 0 aromatic heterocycles. The van der Waals surface area contributed by atoms with E-state index in [4.69, 9.17) is 0 Å². The number of benzene rings is 1. The van der Waals surface area contributed by atoms with E-state index in [1.54, 1.807) is 12.1 Å². The van der Waals surface area contributed by atoms with Crippen LogP contribution in [0, 0.1) is 0 Å². The molecule has 2 atom stereocenters. The lowest BCUT2D eigenvalue weighted by atomic mass is 10.0. The highest BCUT2D eigenvalue weighted by molar-refractivity contribution is 7.85. The van der Waals surface area contributed by atoms with E-state index in [0.717, 1.165) is 5.56 Å². The van der Waals surface area contributed by atoms with Crippen LogP contribution in [0.4, 0.5) is 13.2 Å². The van der Waals surface area contributed by atoms with E-state index in [1.807, 2.05) is 13.8 Å². The van der Waals surface area contributed by atoms with Gasteiger partial charge in [-0.1, -0.05) is 12.1 Å². The van der Waals surface area contributed by atoms with Gasteiger partial charge in [0.05, 0.1) is 0 Å². The Kier molecular flexibility index (Phi) is 4.11. The van der Waals surface area contributed by atoms with Crippen molar-refractivity contribution >= 4 is 10.8 Å². The second-order valence-electron chi connectivity index (χ2n) is 5.45. The van der Waals surface area contributed by atoms with E-state index in [-0.39, 0.29) is 17.3 Å². The van der Waals surface area contributed by atoms with Gasteiger partial charge in [0.25, 0.3) is 0 Å². The summed E-state index contributed by atoms with van der Waals surface area (Å²) in [5.74, 6) is 0.777. The molecule has 7 heteroatoms. The van der Waals surface area contributed by atoms with Crippen LogP contribution < -0.4 is 10.1 Å². The van der Waals surface area contributed by atoms with Crippen molar-refractivity contribution in [3.8, 4) is 5.75 Å². The van der Waals surface area contributed by atoms with Crippen LogP contribution in [0.25, 0.3) is 0 Å². The van der Waals surface area contributed by atoms with Gasteiger partial charge in [-0.15, -0.1) is 13.2 Å². The molecule has 0 spiro atoms. The molecule has 3 nitrogen and oxygen atoms in total. The van der Waals surface area contributed by atoms with Crippen LogP contribution in [0.15, 0.2) is 24.3 Å². The minimum absolute atomic E-state index is 0.125. The van der Waals surface area contributed by atoms with E-state index in [0.29, 0.717) is 11.5 Å². The number of alkyl halides is 3. The third-order valence-corrected chi connectivity index (χ3v) is 4.70. The van der Waals surface area contributed by atoms with Crippen LogP contribution in [0.2, 0.25) is 0 Å². The van der Waals surface area contributed by atoms with Gasteiger partial charge in [0.2, 0.25) is 0 Å². The largest absolute Gasteiger partial charge is 0.573 e. The number of rotatable bonds is 2. The predicted octanol–water partition coefficient (Wildman–Crippen LogP) is 2.76. The van der Waals surface area contributed by atoms with Crippen LogP contribution in [-0.4, -0.2) is 27.6 Å². The number of nitrogens with one attached hydrogen (secondary N) is 1. The van der Waals surface area contributed by atoms with Gasteiger partial charge < -0.3 is 10.1 Å². The van der Waals surface area contributed by atoms with Gasteiger partial charge in [-0.25, -0.2) is 0 Å². The Morgan fingerprint density at radius 3 is 2.40 bits per heavy atom. The molecule has 0 amide bonds. The Hall–Kier alpha value is -1.08. The average molecular weight is 307 g/mol. The second kappa shape index (κ2) is 5.37. The molecule has 0 bridgehead atoms. The summed E-state index contributed by atoms with van der Waals surface area (Å²) in [5, 5.41) is 3.35. The molecule has 0 radical (unpaired) electrons. The van der Waals surface area contributed by atoms with Gasteiger partial charge in [-0.3, -0.25) is 4.21 Å². The average Bonchev–Trinajstić information content (AvgIpc) is 2.24. The molecular weight excluding hydrogens is 291 g/mol. The first-order valence-corrected chi connectivity index (χ1v) is 7.62. The van der Waals surface area contributed by atoms with Crippen molar-refractivity contribution in [2.24, 2.45) is 0 Å². The molecule has 2 rings (SSSR count). The fraction of sp³-hybridized carbons (Fsp3) is 0.538. The summed E-state index contributed by atoms with van der Waals surface area (Å²) >= 11 is 0. The zero-order chi connectivity index (χ0) is 15.0. The Morgan fingerprint density at radius 1 is 1.30 bits per heavy atom. The Morgan fingerprint density at radius 2 is 1.90 bits per heavy atom. The normalized spacial score (nSPS) is 26.2. The van der Waals surface area contributed by atoms with Crippen LogP contribution in [0.5, 0.6) is 5.75 Å². The van der Waals surface area contributed by atoms with Crippen molar-refractivity contribution in [1.29, 1.82) is 0 Å². The molecule has 1 aromatic carbocycles. The zero-order valence-corrected chi connectivity index (χ0v) is 12.0. The van der Waals surface area contributed by atoms with Crippen molar-refractivity contribution in [3.05, 3.63) is 29.8 Å². The Labute approximate surface area is 118 Å². The van der Waals surface area contributed by atoms with Crippen LogP contribution >= 0.6 is 0 Å². The summed E-state index contributed by atoms with van der Waals surface area (Å²) in [6, 6.07) is 5.55. The smallest absolute Gasteiger partial charge is 0.406 e. The number of halogens is 3. The first-order chi connectivity index (χ1) is 9.15. The highest BCUT2D eigenvalue weighted by atomic mass is 32.2. The summed E-state index contributed by atoms with van der Waals surface area (Å²) in [6.45, 7) is 3.91. The van der Waals surface area contributed by atoms with Gasteiger partial charge in [-0.05, 0) is 31.5 Å². The molecule has 1 aliphatic heterocycles. The molecule has 20 heavy (non-hydrogen) atoms. The van der Waals surface area contributed by atoms with Crippen LogP contribution in [-0.2, 0) is 10.8 Å². The predicted molar refractivity (Wildman–Crippen MR) is 71.0 cm³/mol. The van der Waals surface area contributed by atoms with Gasteiger partial charge in [-0.2, -0.15) is 0 Å². The second-order valence-corrected chi connectivity index (χ2v) is 6.95. The van der Waals surface area contributed by atoms with Crippen molar-refractivity contribution in [1.82, 2.24) is 5.32 Å². The van der Waals surface area contributed by atoms with Crippen LogP contribution in [0.3, 0.4) is 0 Å². The molecule has 0 saturated carbocycles. The highest BCUT2D eigenvalue weighted by Gasteiger charge is 2.33. The number of hydrogen-bond acceptors (Lipinski definition) is 3. The minimum atomic E-state index is -4.69. The molecule has 1 aromatic rings. The third-order valence-electron chi connectivity index (χ3n) is 2.96. The van der Waals surface area contributed by atoms with Gasteiger partial charge >= 0.3 is 6.36 Å². The summed E-state index contributed by atoms with van der Waals surface area (Å²) in [4.78, 5) is 0. The van der Waals surface area contributed by atoms with Crippen molar-refractivity contribution in [2.45, 2.75) is 31.8 Å². The van der Waals surface area contributed by atoms with Gasteiger partial charge in [0, 0.05) is 33.9 Å². The Bertz CT molecular complexity index is 499. The van der Waals surface area contributed by atoms with Crippen molar-refractivity contribution in [3.63, 3.8) is 0 Å². The van der Waals surface area contributed by atoms with E-state index >= 15 is 0 Å². The van der Waals surface area contributed by atoms with Crippen LogP contribution in [0.1, 0.15) is 25.5 Å². The van der Waals surface area contributed by atoms with E-state index < -0.39 is 17.2 Å². The monoisotopic (exact) mass is 307 g/mol. The molecule has 1 fully saturated rings. The van der Waals surface area contributed by atoms with Crippen molar-refractivity contribution in [2.75, 3.05) is 11.5 Å².